The second kappa shape index (κ2) is 26.0. The average Bonchev–Trinajstić information content (AvgIpc) is 2.33. The molecule has 0 fully saturated rings. The lowest BCUT2D eigenvalue weighted by Crippen LogP contribution is -2.22. The first kappa shape index (κ1) is 61.8. The summed E-state index contributed by atoms with van der Waals surface area (Å²) in [5.74, 6) is -2.41. The first-order valence-corrected chi connectivity index (χ1v) is 30.7. The van der Waals surface area contributed by atoms with Crippen molar-refractivity contribution in [1.29, 1.82) is 0 Å². The molecule has 3 atom stereocenters. The van der Waals surface area contributed by atoms with Crippen molar-refractivity contribution in [3.63, 3.8) is 0 Å². The summed E-state index contributed by atoms with van der Waals surface area (Å²) in [5.41, 5.74) is -1.75. The molecule has 450 valence electrons. The molecule has 0 radical (unpaired) electrons. The minimum Gasteiger partial charge on any atom is -0.376 e. The molecule has 0 aliphatic heterocycles. The van der Waals surface area contributed by atoms with Crippen LogP contribution in [0.3, 0.4) is 0 Å². The Hall–Kier alpha value is -8.28. The highest BCUT2D eigenvalue weighted by Gasteiger charge is 2.36. The maximum atomic E-state index is 13.8. The largest absolute Gasteiger partial charge is 0.376 e. The SMILES string of the molecule is Cc1csc(C(C)(O)c2nnc(Nc3ccn(Cc4c(F)cccc4F)n3)s2)n1.Cc1csc([C@@](C)(O)c2nnc(Nc3ccn(Cc4c(F)cccc4F)n3)s2)n1.Cc1csc([C@](C)(O)c2nnc(Nc3ccn(Cc4c(F)cccc4F)n3)s2)n1. The molecule has 0 saturated heterocycles. The van der Waals surface area contributed by atoms with Gasteiger partial charge >= 0.3 is 0 Å². The van der Waals surface area contributed by atoms with E-state index in [1.807, 2.05) is 36.9 Å². The molecule has 1 unspecified atom stereocenters. The Bertz CT molecular complexity index is 3830. The molecule has 0 amide bonds. The van der Waals surface area contributed by atoms with Gasteiger partial charge in [0.2, 0.25) is 15.4 Å². The van der Waals surface area contributed by atoms with Crippen LogP contribution in [-0.4, -0.2) is 90.2 Å². The molecule has 3 aromatic carbocycles. The van der Waals surface area contributed by atoms with Gasteiger partial charge < -0.3 is 31.3 Å². The number of benzene rings is 3. The van der Waals surface area contributed by atoms with Crippen molar-refractivity contribution in [1.82, 2.24) is 74.9 Å². The number of nitrogens with one attached hydrogen (secondary N) is 3. The summed E-state index contributed by atoms with van der Waals surface area (Å²) in [4.78, 5) is 13.0. The van der Waals surface area contributed by atoms with E-state index in [9.17, 15) is 41.7 Å². The van der Waals surface area contributed by atoms with E-state index < -0.39 is 51.7 Å². The number of nitrogens with zero attached hydrogens (tertiary/aromatic N) is 15. The Morgan fingerprint density at radius 1 is 0.391 bits per heavy atom. The van der Waals surface area contributed by atoms with Crippen LogP contribution in [0.2, 0.25) is 0 Å². The number of rotatable bonds is 18. The molecule has 0 aliphatic rings. The van der Waals surface area contributed by atoms with Crippen molar-refractivity contribution in [2.45, 2.75) is 78.0 Å². The molecule has 9 aromatic heterocycles. The highest BCUT2D eigenvalue weighted by Crippen LogP contribution is 2.38. The zero-order valence-corrected chi connectivity index (χ0v) is 51.2. The van der Waals surface area contributed by atoms with E-state index in [-0.39, 0.29) is 36.3 Å². The number of hydrogen-bond acceptors (Lipinski definition) is 24. The van der Waals surface area contributed by atoms with Crippen LogP contribution >= 0.6 is 68.0 Å². The third kappa shape index (κ3) is 14.6. The molecule has 0 spiro atoms. The minimum atomic E-state index is -1.35. The van der Waals surface area contributed by atoms with Gasteiger partial charge in [0, 0.05) is 86.7 Å². The maximum absolute atomic E-state index is 13.8. The van der Waals surface area contributed by atoms with Gasteiger partial charge in [0.05, 0.1) is 19.6 Å². The standard InChI is InChI=1S/3C18H16F2N6OS2/c3*1-10-9-28-15(21-10)18(2,27)16-23-24-17(29-16)22-14-6-7-26(25-14)8-11-12(19)4-3-5-13(11)20/h3*3-7,9,27H,8H2,1-2H3,(H,22,24,25)/t2*18-;/m10./s1. The van der Waals surface area contributed by atoms with Gasteiger partial charge in [-0.05, 0) is 77.9 Å². The fourth-order valence-corrected chi connectivity index (χ4v) is 13.0. The van der Waals surface area contributed by atoms with Crippen LogP contribution in [0.15, 0.2) is 108 Å². The predicted molar refractivity (Wildman–Crippen MR) is 319 cm³/mol. The molecular weight excluding hydrogens is 1260 g/mol. The van der Waals surface area contributed by atoms with Crippen LogP contribution < -0.4 is 16.0 Å². The fourth-order valence-electron chi connectivity index (χ4n) is 7.83. The maximum Gasteiger partial charge on any atom is 0.211 e. The summed E-state index contributed by atoms with van der Waals surface area (Å²) < 4.78 is 87.1. The highest BCUT2D eigenvalue weighted by atomic mass is 32.1. The first-order chi connectivity index (χ1) is 41.5. The monoisotopic (exact) mass is 1300 g/mol. The fraction of sp³-hybridized carbons (Fsp3) is 0.222. The Balaban J connectivity index is 0.000000144. The van der Waals surface area contributed by atoms with Gasteiger partial charge in [-0.3, -0.25) is 14.0 Å². The second-order valence-corrected chi connectivity index (χ2v) is 25.0. The molecule has 6 N–H and O–H groups in total. The third-order valence-corrected chi connectivity index (χ3v) is 19.1. The van der Waals surface area contributed by atoms with Crippen molar-refractivity contribution in [2.75, 3.05) is 16.0 Å². The van der Waals surface area contributed by atoms with E-state index in [0.717, 1.165) is 17.1 Å². The summed E-state index contributed by atoms with van der Waals surface area (Å²) in [6.45, 7) is 10.3. The van der Waals surface area contributed by atoms with Gasteiger partial charge in [0.15, 0.2) is 49.3 Å². The summed E-state index contributed by atoms with van der Waals surface area (Å²) in [7, 11) is 0. The van der Waals surface area contributed by atoms with E-state index in [1.165, 1.54) is 137 Å². The zero-order valence-electron chi connectivity index (χ0n) is 46.3. The molecule has 12 rings (SSSR count). The number of thiazole rings is 3. The highest BCUT2D eigenvalue weighted by molar-refractivity contribution is 7.16. The summed E-state index contributed by atoms with van der Waals surface area (Å²) in [6.07, 6.45) is 4.81. The second-order valence-electron chi connectivity index (χ2n) is 19.5. The van der Waals surface area contributed by atoms with Crippen molar-refractivity contribution in [3.05, 3.63) is 206 Å². The zero-order chi connectivity index (χ0) is 61.8. The van der Waals surface area contributed by atoms with E-state index in [2.05, 4.69) is 76.8 Å². The van der Waals surface area contributed by atoms with Crippen LogP contribution in [-0.2, 0) is 36.4 Å². The number of aromatic nitrogens is 15. The number of aryl methyl sites for hydroxylation is 3. The van der Waals surface area contributed by atoms with Gasteiger partial charge in [-0.2, -0.15) is 15.3 Å². The van der Waals surface area contributed by atoms with Crippen LogP contribution in [0.25, 0.3) is 0 Å². The molecule has 12 aromatic rings. The number of halogens is 6. The minimum absolute atomic E-state index is 0.0420. The molecular formula is C54H48F6N18O3S6. The van der Waals surface area contributed by atoms with Gasteiger partial charge in [-0.1, -0.05) is 52.2 Å². The molecule has 0 bridgehead atoms. The van der Waals surface area contributed by atoms with E-state index in [4.69, 9.17) is 0 Å². The molecule has 33 heteroatoms. The lowest BCUT2D eigenvalue weighted by molar-refractivity contribution is 0.100. The molecule has 87 heavy (non-hydrogen) atoms. The Morgan fingerprint density at radius 3 is 0.874 bits per heavy atom. The van der Waals surface area contributed by atoms with Crippen LogP contribution in [0.1, 0.15) is 84.6 Å². The molecule has 0 saturated carbocycles. The lowest BCUT2D eigenvalue weighted by Gasteiger charge is -2.16. The van der Waals surface area contributed by atoms with Crippen molar-refractivity contribution >= 4 is 101 Å². The predicted octanol–water partition coefficient (Wildman–Crippen LogP) is 11.5. The van der Waals surface area contributed by atoms with Gasteiger partial charge in [0.25, 0.3) is 0 Å². The van der Waals surface area contributed by atoms with Crippen molar-refractivity contribution in [2.24, 2.45) is 0 Å². The Labute approximate surface area is 514 Å². The summed E-state index contributed by atoms with van der Waals surface area (Å²) >= 11 is 7.57. The van der Waals surface area contributed by atoms with Gasteiger partial charge in [-0.25, -0.2) is 41.3 Å². The lowest BCUT2D eigenvalue weighted by atomic mass is 10.1. The number of aliphatic hydroxyl groups is 3. The van der Waals surface area contributed by atoms with Crippen LogP contribution in [0, 0.1) is 55.7 Å². The van der Waals surface area contributed by atoms with Crippen LogP contribution in [0.4, 0.5) is 59.2 Å². The first-order valence-electron chi connectivity index (χ1n) is 25.7. The van der Waals surface area contributed by atoms with Crippen molar-refractivity contribution < 1.29 is 41.7 Å². The summed E-state index contributed by atoms with van der Waals surface area (Å²) in [5, 5.41) is 88.1. The van der Waals surface area contributed by atoms with E-state index >= 15 is 0 Å². The van der Waals surface area contributed by atoms with Gasteiger partial charge in [0.1, 0.15) is 49.9 Å². The van der Waals surface area contributed by atoms with E-state index in [0.29, 0.717) is 62.9 Å². The Morgan fingerprint density at radius 2 is 0.644 bits per heavy atom. The average molecular weight is 1300 g/mol. The third-order valence-electron chi connectivity index (χ3n) is 12.4. The Kier molecular flexibility index (Phi) is 18.4. The number of hydrogen-bond donors (Lipinski definition) is 6. The van der Waals surface area contributed by atoms with E-state index in [1.54, 1.807) is 57.6 Å². The quantitative estimate of drug-likeness (QED) is 0.0436. The molecule has 0 aliphatic carbocycles. The molecule has 9 heterocycles. The smallest absolute Gasteiger partial charge is 0.211 e. The van der Waals surface area contributed by atoms with Gasteiger partial charge in [-0.15, -0.1) is 64.6 Å². The molecule has 21 nitrogen and oxygen atoms in total. The number of anilines is 6. The van der Waals surface area contributed by atoms with Crippen molar-refractivity contribution in [3.8, 4) is 0 Å². The summed E-state index contributed by atoms with van der Waals surface area (Å²) in [6, 6.07) is 16.2. The normalized spacial score (nSPS) is 13.4. The van der Waals surface area contributed by atoms with Crippen LogP contribution in [0.5, 0.6) is 0 Å². The topological polar surface area (TPSA) is 266 Å².